The van der Waals surface area contributed by atoms with Crippen molar-refractivity contribution in [3.05, 3.63) is 47.3 Å². The highest BCUT2D eigenvalue weighted by Crippen LogP contribution is 2.27. The van der Waals surface area contributed by atoms with E-state index in [0.717, 1.165) is 24.3 Å². The standard InChI is InChI=1S/C18H20N4O3/c1-24-16-5-3-2-4-14(16)17(23)22-11-13-10-19-18(20-15(13)12-22)21-6-8-25-9-7-21/h2-5,10H,6-9,11-12H2,1H3. The van der Waals surface area contributed by atoms with Crippen molar-refractivity contribution in [1.82, 2.24) is 14.9 Å². The van der Waals surface area contributed by atoms with Gasteiger partial charge in [0.15, 0.2) is 0 Å². The van der Waals surface area contributed by atoms with E-state index in [2.05, 4.69) is 14.9 Å². The van der Waals surface area contributed by atoms with Gasteiger partial charge in [0.05, 0.1) is 38.1 Å². The molecular formula is C18H20N4O3. The van der Waals surface area contributed by atoms with Crippen LogP contribution in [0.1, 0.15) is 21.6 Å². The SMILES string of the molecule is COc1ccccc1C(=O)N1Cc2cnc(N3CCOCC3)nc2C1. The number of ether oxygens (including phenoxy) is 2. The highest BCUT2D eigenvalue weighted by Gasteiger charge is 2.28. The number of para-hydroxylation sites is 1. The number of amides is 1. The zero-order valence-corrected chi connectivity index (χ0v) is 14.1. The van der Waals surface area contributed by atoms with E-state index < -0.39 is 0 Å². The molecule has 3 heterocycles. The molecule has 2 aromatic rings. The zero-order chi connectivity index (χ0) is 17.2. The third-order valence-corrected chi connectivity index (χ3v) is 4.56. The van der Waals surface area contributed by atoms with Crippen molar-refractivity contribution in [2.24, 2.45) is 0 Å². The van der Waals surface area contributed by atoms with Crippen LogP contribution in [0.4, 0.5) is 5.95 Å². The van der Waals surface area contributed by atoms with Crippen LogP contribution >= 0.6 is 0 Å². The molecule has 7 heteroatoms. The molecule has 1 fully saturated rings. The van der Waals surface area contributed by atoms with Crippen molar-refractivity contribution in [3.8, 4) is 5.75 Å². The summed E-state index contributed by atoms with van der Waals surface area (Å²) >= 11 is 0. The van der Waals surface area contributed by atoms with Gasteiger partial charge in [-0.1, -0.05) is 12.1 Å². The van der Waals surface area contributed by atoms with Crippen molar-refractivity contribution in [2.45, 2.75) is 13.1 Å². The number of methoxy groups -OCH3 is 1. The molecule has 0 aliphatic carbocycles. The van der Waals surface area contributed by atoms with Crippen LogP contribution in [0.25, 0.3) is 0 Å². The molecule has 2 aliphatic rings. The molecular weight excluding hydrogens is 320 g/mol. The van der Waals surface area contributed by atoms with Crippen LogP contribution < -0.4 is 9.64 Å². The fraction of sp³-hybridized carbons (Fsp3) is 0.389. The van der Waals surface area contributed by atoms with Crippen LogP contribution in [0.2, 0.25) is 0 Å². The molecule has 25 heavy (non-hydrogen) atoms. The van der Waals surface area contributed by atoms with E-state index in [1.807, 2.05) is 18.3 Å². The summed E-state index contributed by atoms with van der Waals surface area (Å²) in [5.74, 6) is 1.25. The Labute approximate surface area is 146 Å². The van der Waals surface area contributed by atoms with Crippen molar-refractivity contribution in [3.63, 3.8) is 0 Å². The van der Waals surface area contributed by atoms with Crippen LogP contribution in [0.5, 0.6) is 5.75 Å². The smallest absolute Gasteiger partial charge is 0.258 e. The molecule has 0 radical (unpaired) electrons. The van der Waals surface area contributed by atoms with Gasteiger partial charge in [0.25, 0.3) is 5.91 Å². The Kier molecular flexibility index (Phi) is 4.23. The predicted molar refractivity (Wildman–Crippen MR) is 91.6 cm³/mol. The Balaban J connectivity index is 1.53. The second-order valence-corrected chi connectivity index (χ2v) is 6.10. The Morgan fingerprint density at radius 2 is 2.00 bits per heavy atom. The van der Waals surface area contributed by atoms with Crippen molar-refractivity contribution >= 4 is 11.9 Å². The first-order valence-corrected chi connectivity index (χ1v) is 8.36. The Morgan fingerprint density at radius 1 is 1.20 bits per heavy atom. The predicted octanol–water partition coefficient (Wildman–Crippen LogP) is 1.48. The number of carbonyl (C=O) groups excluding carboxylic acids is 1. The number of benzene rings is 1. The fourth-order valence-electron chi connectivity index (χ4n) is 3.19. The van der Waals surface area contributed by atoms with Crippen LogP contribution in [0.3, 0.4) is 0 Å². The van der Waals surface area contributed by atoms with Crippen molar-refractivity contribution in [1.29, 1.82) is 0 Å². The van der Waals surface area contributed by atoms with Gasteiger partial charge in [0.2, 0.25) is 5.95 Å². The van der Waals surface area contributed by atoms with E-state index in [0.29, 0.717) is 43.6 Å². The lowest BCUT2D eigenvalue weighted by molar-refractivity contribution is 0.0747. The normalized spacial score (nSPS) is 16.7. The van der Waals surface area contributed by atoms with Crippen LogP contribution in [0, 0.1) is 0 Å². The zero-order valence-electron chi connectivity index (χ0n) is 14.1. The van der Waals surface area contributed by atoms with E-state index in [1.165, 1.54) is 0 Å². The molecule has 0 N–H and O–H groups in total. The number of rotatable bonds is 3. The third kappa shape index (κ3) is 3.02. The average molecular weight is 340 g/mol. The molecule has 1 saturated heterocycles. The highest BCUT2D eigenvalue weighted by atomic mass is 16.5. The summed E-state index contributed by atoms with van der Waals surface area (Å²) in [5.41, 5.74) is 2.49. The van der Waals surface area contributed by atoms with Gasteiger partial charge >= 0.3 is 0 Å². The van der Waals surface area contributed by atoms with E-state index >= 15 is 0 Å². The number of morpholine rings is 1. The summed E-state index contributed by atoms with van der Waals surface area (Å²) in [6, 6.07) is 7.28. The first-order valence-electron chi connectivity index (χ1n) is 8.36. The van der Waals surface area contributed by atoms with Gasteiger partial charge in [-0.15, -0.1) is 0 Å². The summed E-state index contributed by atoms with van der Waals surface area (Å²) < 4.78 is 10.7. The summed E-state index contributed by atoms with van der Waals surface area (Å²) in [7, 11) is 1.57. The van der Waals surface area contributed by atoms with Gasteiger partial charge in [0.1, 0.15) is 5.75 Å². The van der Waals surface area contributed by atoms with Crippen molar-refractivity contribution < 1.29 is 14.3 Å². The summed E-state index contributed by atoms with van der Waals surface area (Å²) in [6.07, 6.45) is 1.84. The molecule has 0 bridgehead atoms. The van der Waals surface area contributed by atoms with Crippen LogP contribution in [-0.2, 0) is 17.8 Å². The molecule has 1 aromatic heterocycles. The van der Waals surface area contributed by atoms with E-state index in [4.69, 9.17) is 9.47 Å². The maximum Gasteiger partial charge on any atom is 0.258 e. The lowest BCUT2D eigenvalue weighted by Crippen LogP contribution is -2.37. The molecule has 0 atom stereocenters. The van der Waals surface area contributed by atoms with Gasteiger partial charge in [-0.05, 0) is 12.1 Å². The molecule has 7 nitrogen and oxygen atoms in total. The minimum atomic E-state index is -0.0524. The van der Waals surface area contributed by atoms with Crippen LogP contribution in [0.15, 0.2) is 30.5 Å². The molecule has 1 aromatic carbocycles. The van der Waals surface area contributed by atoms with Gasteiger partial charge in [-0.2, -0.15) is 0 Å². The lowest BCUT2D eigenvalue weighted by Gasteiger charge is -2.26. The van der Waals surface area contributed by atoms with Gasteiger partial charge in [0, 0.05) is 31.4 Å². The second-order valence-electron chi connectivity index (χ2n) is 6.10. The molecule has 4 rings (SSSR count). The minimum Gasteiger partial charge on any atom is -0.496 e. The van der Waals surface area contributed by atoms with E-state index in [1.54, 1.807) is 24.1 Å². The van der Waals surface area contributed by atoms with Crippen molar-refractivity contribution in [2.75, 3.05) is 38.3 Å². The molecule has 1 amide bonds. The fourth-order valence-corrected chi connectivity index (χ4v) is 3.19. The highest BCUT2D eigenvalue weighted by molar-refractivity contribution is 5.97. The molecule has 0 saturated carbocycles. The second kappa shape index (κ2) is 6.68. The number of fused-ring (bicyclic) bond motifs is 1. The van der Waals surface area contributed by atoms with Gasteiger partial charge in [-0.3, -0.25) is 4.79 Å². The topological polar surface area (TPSA) is 67.8 Å². The van der Waals surface area contributed by atoms with E-state index in [9.17, 15) is 4.79 Å². The third-order valence-electron chi connectivity index (χ3n) is 4.56. The monoisotopic (exact) mass is 340 g/mol. The number of hydrogen-bond donors (Lipinski definition) is 0. The lowest BCUT2D eigenvalue weighted by atomic mass is 10.2. The molecule has 2 aliphatic heterocycles. The number of hydrogen-bond acceptors (Lipinski definition) is 6. The van der Waals surface area contributed by atoms with Gasteiger partial charge in [-0.25, -0.2) is 9.97 Å². The number of anilines is 1. The average Bonchev–Trinajstić information content (AvgIpc) is 3.11. The summed E-state index contributed by atoms with van der Waals surface area (Å²) in [4.78, 5) is 25.9. The largest absolute Gasteiger partial charge is 0.496 e. The summed E-state index contributed by atoms with van der Waals surface area (Å²) in [5, 5.41) is 0. The number of carbonyl (C=O) groups is 1. The Bertz CT molecular complexity index is 790. The first kappa shape index (κ1) is 15.8. The maximum absolute atomic E-state index is 12.9. The van der Waals surface area contributed by atoms with Gasteiger partial charge < -0.3 is 19.3 Å². The summed E-state index contributed by atoms with van der Waals surface area (Å²) in [6.45, 7) is 3.99. The van der Waals surface area contributed by atoms with Crippen LogP contribution in [-0.4, -0.2) is 54.2 Å². The quantitative estimate of drug-likeness (QED) is 0.843. The minimum absolute atomic E-state index is 0.0524. The number of nitrogens with zero attached hydrogens (tertiary/aromatic N) is 4. The maximum atomic E-state index is 12.9. The molecule has 0 unspecified atom stereocenters. The first-order chi connectivity index (χ1) is 12.3. The molecule has 0 spiro atoms. The van der Waals surface area contributed by atoms with E-state index in [-0.39, 0.29) is 5.91 Å². The Hall–Kier alpha value is -2.67. The number of aromatic nitrogens is 2. The molecule has 130 valence electrons. The Morgan fingerprint density at radius 3 is 2.80 bits per heavy atom.